The number of benzene rings is 3. The number of hydrogen-bond donors (Lipinski definition) is 0. The third-order valence-electron chi connectivity index (χ3n) is 4.27. The molecule has 0 saturated heterocycles. The zero-order valence-corrected chi connectivity index (χ0v) is 15.1. The van der Waals surface area contributed by atoms with Gasteiger partial charge in [0.05, 0.1) is 6.61 Å². The van der Waals surface area contributed by atoms with Gasteiger partial charge >= 0.3 is 0 Å². The summed E-state index contributed by atoms with van der Waals surface area (Å²) in [6.45, 7) is 2.98. The predicted octanol–water partition coefficient (Wildman–Crippen LogP) is 6.34. The smallest absolute Gasteiger partial charge is 0.123 e. The highest BCUT2D eigenvalue weighted by atomic mass is 19.1. The highest BCUT2D eigenvalue weighted by Gasteiger charge is 1.99. The van der Waals surface area contributed by atoms with Gasteiger partial charge in [-0.15, -0.1) is 0 Å². The van der Waals surface area contributed by atoms with Crippen molar-refractivity contribution in [2.75, 3.05) is 6.61 Å². The van der Waals surface area contributed by atoms with Crippen LogP contribution in [0.1, 0.15) is 43.7 Å². The quantitative estimate of drug-likeness (QED) is 0.374. The second-order valence-electron chi connectivity index (χ2n) is 6.39. The summed E-state index contributed by atoms with van der Waals surface area (Å²) >= 11 is 0. The molecule has 0 bridgehead atoms. The fraction of sp³-hybridized carbons (Fsp3) is 0.250. The zero-order chi connectivity index (χ0) is 18.2. The van der Waals surface area contributed by atoms with E-state index in [1.165, 1.54) is 31.4 Å². The van der Waals surface area contributed by atoms with Crippen molar-refractivity contribution in [3.05, 3.63) is 77.6 Å². The third-order valence-corrected chi connectivity index (χ3v) is 4.27. The third kappa shape index (κ3) is 5.10. The van der Waals surface area contributed by atoms with Crippen molar-refractivity contribution in [2.45, 2.75) is 32.6 Å². The SMILES string of the molecule is CCCCCCOc1ccc2cc(C#Cc3ccc(F)cc3)ccc2c1. The molecule has 1 nitrogen and oxygen atoms in total. The first-order valence-electron chi connectivity index (χ1n) is 9.19. The molecule has 132 valence electrons. The highest BCUT2D eigenvalue weighted by molar-refractivity contribution is 5.85. The van der Waals surface area contributed by atoms with Crippen LogP contribution in [0, 0.1) is 17.7 Å². The summed E-state index contributed by atoms with van der Waals surface area (Å²) < 4.78 is 18.8. The van der Waals surface area contributed by atoms with Gasteiger partial charge in [0, 0.05) is 11.1 Å². The second-order valence-corrected chi connectivity index (χ2v) is 6.39. The molecule has 0 amide bonds. The first-order chi connectivity index (χ1) is 12.7. The summed E-state index contributed by atoms with van der Waals surface area (Å²) in [5.74, 6) is 6.87. The summed E-state index contributed by atoms with van der Waals surface area (Å²) in [4.78, 5) is 0. The lowest BCUT2D eigenvalue weighted by Crippen LogP contribution is -1.97. The van der Waals surface area contributed by atoms with Crippen LogP contribution in [0.25, 0.3) is 10.8 Å². The van der Waals surface area contributed by atoms with Crippen LogP contribution in [0.15, 0.2) is 60.7 Å². The molecule has 0 unspecified atom stereocenters. The van der Waals surface area contributed by atoms with Crippen LogP contribution in [0.4, 0.5) is 4.39 Å². The normalized spacial score (nSPS) is 10.4. The van der Waals surface area contributed by atoms with Crippen LogP contribution < -0.4 is 4.74 Å². The molecule has 0 N–H and O–H groups in total. The van der Waals surface area contributed by atoms with Gasteiger partial charge in [0.1, 0.15) is 11.6 Å². The minimum atomic E-state index is -0.246. The van der Waals surface area contributed by atoms with Gasteiger partial charge in [-0.2, -0.15) is 0 Å². The van der Waals surface area contributed by atoms with Gasteiger partial charge in [-0.1, -0.05) is 50.2 Å². The van der Waals surface area contributed by atoms with Gasteiger partial charge in [0.25, 0.3) is 0 Å². The van der Waals surface area contributed by atoms with E-state index in [1.807, 2.05) is 12.1 Å². The van der Waals surface area contributed by atoms with Crippen LogP contribution in [0.2, 0.25) is 0 Å². The van der Waals surface area contributed by atoms with Crippen LogP contribution in [-0.2, 0) is 0 Å². The van der Waals surface area contributed by atoms with Crippen molar-refractivity contribution in [1.29, 1.82) is 0 Å². The van der Waals surface area contributed by atoms with Crippen LogP contribution >= 0.6 is 0 Å². The Labute approximate surface area is 154 Å². The van der Waals surface area contributed by atoms with Gasteiger partial charge in [-0.25, -0.2) is 4.39 Å². The Bertz CT molecular complexity index is 916. The molecular weight excluding hydrogens is 323 g/mol. The predicted molar refractivity (Wildman–Crippen MR) is 106 cm³/mol. The van der Waals surface area contributed by atoms with E-state index < -0.39 is 0 Å². The lowest BCUT2D eigenvalue weighted by molar-refractivity contribution is 0.305. The van der Waals surface area contributed by atoms with Gasteiger partial charge < -0.3 is 4.74 Å². The van der Waals surface area contributed by atoms with E-state index in [2.05, 4.69) is 43.0 Å². The standard InChI is InChI=1S/C24H23FO/c1-2-3-4-5-16-26-24-15-12-21-17-20(8-11-22(21)18-24)7-6-19-9-13-23(25)14-10-19/h8-15,17-18H,2-5,16H2,1H3. The molecule has 3 rings (SSSR count). The number of hydrogen-bond acceptors (Lipinski definition) is 1. The molecule has 0 heterocycles. The Balaban J connectivity index is 1.68. The maximum absolute atomic E-state index is 12.9. The molecule has 0 atom stereocenters. The Hall–Kier alpha value is -2.79. The summed E-state index contributed by atoms with van der Waals surface area (Å²) in [7, 11) is 0. The maximum atomic E-state index is 12.9. The number of fused-ring (bicyclic) bond motifs is 1. The van der Waals surface area contributed by atoms with Crippen LogP contribution in [0.5, 0.6) is 5.75 Å². The molecular formula is C24H23FO. The average molecular weight is 346 g/mol. The van der Waals surface area contributed by atoms with E-state index in [-0.39, 0.29) is 5.82 Å². The molecule has 0 aromatic heterocycles. The second kappa shape index (κ2) is 9.06. The molecule has 0 aliphatic rings. The zero-order valence-electron chi connectivity index (χ0n) is 15.1. The van der Waals surface area contributed by atoms with Crippen LogP contribution in [0.3, 0.4) is 0 Å². The number of halogens is 1. The summed E-state index contributed by atoms with van der Waals surface area (Å²) in [6.07, 6.45) is 4.83. The van der Waals surface area contributed by atoms with E-state index in [0.717, 1.165) is 40.7 Å². The highest BCUT2D eigenvalue weighted by Crippen LogP contribution is 2.22. The molecule has 0 fully saturated rings. The lowest BCUT2D eigenvalue weighted by atomic mass is 10.1. The van der Waals surface area contributed by atoms with Gasteiger partial charge in [-0.3, -0.25) is 0 Å². The molecule has 0 saturated carbocycles. The minimum absolute atomic E-state index is 0.246. The minimum Gasteiger partial charge on any atom is -0.494 e. The van der Waals surface area contributed by atoms with E-state index in [9.17, 15) is 4.39 Å². The molecule has 3 aromatic rings. The summed E-state index contributed by atoms with van der Waals surface area (Å²) in [6, 6.07) is 18.5. The number of rotatable bonds is 6. The largest absolute Gasteiger partial charge is 0.494 e. The molecule has 0 spiro atoms. The Morgan fingerprint density at radius 3 is 2.27 bits per heavy atom. The van der Waals surface area contributed by atoms with E-state index >= 15 is 0 Å². The van der Waals surface area contributed by atoms with Crippen molar-refractivity contribution < 1.29 is 9.13 Å². The number of ether oxygens (including phenoxy) is 1. The first kappa shape index (κ1) is 18.0. The fourth-order valence-electron chi connectivity index (χ4n) is 2.79. The van der Waals surface area contributed by atoms with Crippen molar-refractivity contribution in [3.63, 3.8) is 0 Å². The fourth-order valence-corrected chi connectivity index (χ4v) is 2.79. The van der Waals surface area contributed by atoms with Crippen molar-refractivity contribution in [1.82, 2.24) is 0 Å². The van der Waals surface area contributed by atoms with Crippen LogP contribution in [-0.4, -0.2) is 6.61 Å². The summed E-state index contributed by atoms with van der Waals surface area (Å²) in [5.41, 5.74) is 1.74. The van der Waals surface area contributed by atoms with Gasteiger partial charge in [-0.05, 0) is 65.7 Å². The lowest BCUT2D eigenvalue weighted by Gasteiger charge is -2.07. The Kier molecular flexibility index (Phi) is 6.28. The molecule has 0 aliphatic carbocycles. The average Bonchev–Trinajstić information content (AvgIpc) is 2.67. The Morgan fingerprint density at radius 2 is 1.46 bits per heavy atom. The van der Waals surface area contributed by atoms with Crippen molar-refractivity contribution >= 4 is 10.8 Å². The monoisotopic (exact) mass is 346 g/mol. The van der Waals surface area contributed by atoms with Crippen molar-refractivity contribution in [2.24, 2.45) is 0 Å². The van der Waals surface area contributed by atoms with Gasteiger partial charge in [0.2, 0.25) is 0 Å². The van der Waals surface area contributed by atoms with Crippen molar-refractivity contribution in [3.8, 4) is 17.6 Å². The molecule has 0 aliphatic heterocycles. The van der Waals surface area contributed by atoms with E-state index in [4.69, 9.17) is 4.74 Å². The number of unbranched alkanes of at least 4 members (excludes halogenated alkanes) is 3. The molecule has 26 heavy (non-hydrogen) atoms. The molecule has 2 heteroatoms. The van der Waals surface area contributed by atoms with Gasteiger partial charge in [0.15, 0.2) is 0 Å². The topological polar surface area (TPSA) is 9.23 Å². The molecule has 0 radical (unpaired) electrons. The Morgan fingerprint density at radius 1 is 0.769 bits per heavy atom. The first-order valence-corrected chi connectivity index (χ1v) is 9.19. The summed E-state index contributed by atoms with van der Waals surface area (Å²) in [5, 5.41) is 2.28. The van der Waals surface area contributed by atoms with E-state index in [0.29, 0.717) is 0 Å². The maximum Gasteiger partial charge on any atom is 0.123 e. The van der Waals surface area contributed by atoms with E-state index in [1.54, 1.807) is 12.1 Å². The molecule has 3 aromatic carbocycles.